The zero-order valence-electron chi connectivity index (χ0n) is 8.84. The van der Waals surface area contributed by atoms with Gasteiger partial charge < -0.3 is 10.5 Å². The lowest BCUT2D eigenvalue weighted by Gasteiger charge is -2.15. The van der Waals surface area contributed by atoms with Crippen LogP contribution < -0.4 is 10.5 Å². The first-order valence-corrected chi connectivity index (χ1v) is 5.18. The zero-order valence-corrected chi connectivity index (χ0v) is 8.84. The Morgan fingerprint density at radius 1 is 1.36 bits per heavy atom. The predicted molar refractivity (Wildman–Crippen MR) is 57.6 cm³/mol. The molecule has 0 unspecified atom stereocenters. The Hall–Kier alpha value is -1.02. The SMILES string of the molecule is Cc1cc(C)c2c(c1)OCCC[C@H]2N. The molecule has 0 radical (unpaired) electrons. The second-order valence-electron chi connectivity index (χ2n) is 4.09. The van der Waals surface area contributed by atoms with Gasteiger partial charge >= 0.3 is 0 Å². The molecule has 0 spiro atoms. The van der Waals surface area contributed by atoms with Gasteiger partial charge in [0, 0.05) is 11.6 Å². The van der Waals surface area contributed by atoms with Crippen LogP contribution >= 0.6 is 0 Å². The topological polar surface area (TPSA) is 35.2 Å². The molecule has 0 saturated carbocycles. The van der Waals surface area contributed by atoms with E-state index in [-0.39, 0.29) is 6.04 Å². The standard InChI is InChI=1S/C12H17NO/c1-8-6-9(2)12-10(13)4-3-5-14-11(12)7-8/h6-7,10H,3-5,13H2,1-2H3/t10-/m1/s1. The van der Waals surface area contributed by atoms with Crippen molar-refractivity contribution in [1.29, 1.82) is 0 Å². The molecule has 1 aromatic rings. The van der Waals surface area contributed by atoms with Gasteiger partial charge in [-0.1, -0.05) is 6.07 Å². The molecular weight excluding hydrogens is 174 g/mol. The third kappa shape index (κ3) is 1.62. The van der Waals surface area contributed by atoms with E-state index in [1.807, 2.05) is 0 Å². The first-order chi connectivity index (χ1) is 6.68. The molecule has 76 valence electrons. The van der Waals surface area contributed by atoms with Crippen LogP contribution in [0, 0.1) is 13.8 Å². The maximum atomic E-state index is 6.12. The quantitative estimate of drug-likeness (QED) is 0.683. The maximum Gasteiger partial charge on any atom is 0.124 e. The fourth-order valence-electron chi connectivity index (χ4n) is 2.16. The van der Waals surface area contributed by atoms with Gasteiger partial charge in [0.15, 0.2) is 0 Å². The lowest BCUT2D eigenvalue weighted by atomic mass is 9.96. The van der Waals surface area contributed by atoms with Crippen molar-refractivity contribution in [3.63, 3.8) is 0 Å². The van der Waals surface area contributed by atoms with Crippen molar-refractivity contribution in [2.45, 2.75) is 32.7 Å². The van der Waals surface area contributed by atoms with Crippen molar-refractivity contribution >= 4 is 0 Å². The van der Waals surface area contributed by atoms with Crippen molar-refractivity contribution in [3.05, 3.63) is 28.8 Å². The van der Waals surface area contributed by atoms with Gasteiger partial charge in [-0.15, -0.1) is 0 Å². The molecule has 0 amide bonds. The highest BCUT2D eigenvalue weighted by Gasteiger charge is 2.18. The van der Waals surface area contributed by atoms with Gasteiger partial charge in [-0.25, -0.2) is 0 Å². The number of hydrogen-bond donors (Lipinski definition) is 1. The highest BCUT2D eigenvalue weighted by atomic mass is 16.5. The third-order valence-corrected chi connectivity index (χ3v) is 2.78. The Morgan fingerprint density at radius 2 is 2.14 bits per heavy atom. The average molecular weight is 191 g/mol. The van der Waals surface area contributed by atoms with E-state index in [1.165, 1.54) is 16.7 Å². The summed E-state index contributed by atoms with van der Waals surface area (Å²) in [6, 6.07) is 4.41. The van der Waals surface area contributed by atoms with Gasteiger partial charge in [0.05, 0.1) is 6.61 Å². The smallest absolute Gasteiger partial charge is 0.124 e. The summed E-state index contributed by atoms with van der Waals surface area (Å²) in [6.45, 7) is 5.00. The number of nitrogens with two attached hydrogens (primary N) is 1. The van der Waals surface area contributed by atoms with Crippen molar-refractivity contribution in [1.82, 2.24) is 0 Å². The highest BCUT2D eigenvalue weighted by Crippen LogP contribution is 2.33. The second kappa shape index (κ2) is 3.62. The molecule has 0 saturated heterocycles. The Labute approximate surface area is 85.1 Å². The number of benzene rings is 1. The van der Waals surface area contributed by atoms with E-state index in [0.29, 0.717) is 0 Å². The zero-order chi connectivity index (χ0) is 10.1. The lowest BCUT2D eigenvalue weighted by molar-refractivity contribution is 0.316. The largest absolute Gasteiger partial charge is 0.493 e. The fourth-order valence-corrected chi connectivity index (χ4v) is 2.16. The van der Waals surface area contributed by atoms with E-state index in [0.717, 1.165) is 25.2 Å². The third-order valence-electron chi connectivity index (χ3n) is 2.78. The minimum atomic E-state index is 0.146. The van der Waals surface area contributed by atoms with Gasteiger partial charge in [-0.2, -0.15) is 0 Å². The van der Waals surface area contributed by atoms with Crippen molar-refractivity contribution in [2.24, 2.45) is 5.73 Å². The van der Waals surface area contributed by atoms with Crippen LogP contribution in [-0.2, 0) is 0 Å². The van der Waals surface area contributed by atoms with E-state index in [9.17, 15) is 0 Å². The molecule has 2 N–H and O–H groups in total. The van der Waals surface area contributed by atoms with Crippen LogP contribution in [0.15, 0.2) is 12.1 Å². The molecule has 2 nitrogen and oxygen atoms in total. The summed E-state index contributed by atoms with van der Waals surface area (Å²) in [6.07, 6.45) is 2.07. The minimum Gasteiger partial charge on any atom is -0.493 e. The van der Waals surface area contributed by atoms with E-state index >= 15 is 0 Å². The minimum absolute atomic E-state index is 0.146. The van der Waals surface area contributed by atoms with Crippen LogP contribution in [0.25, 0.3) is 0 Å². The normalized spacial score (nSPS) is 20.9. The molecule has 0 fully saturated rings. The summed E-state index contributed by atoms with van der Waals surface area (Å²) in [5, 5.41) is 0. The molecule has 0 aromatic heterocycles. The van der Waals surface area contributed by atoms with Crippen LogP contribution in [0.2, 0.25) is 0 Å². The summed E-state index contributed by atoms with van der Waals surface area (Å²) < 4.78 is 5.70. The Bertz CT molecular complexity index is 346. The van der Waals surface area contributed by atoms with Gasteiger partial charge in [0.1, 0.15) is 5.75 Å². The van der Waals surface area contributed by atoms with Gasteiger partial charge in [-0.05, 0) is 43.9 Å². The average Bonchev–Trinajstić information content (AvgIpc) is 2.27. The molecule has 14 heavy (non-hydrogen) atoms. The fraction of sp³-hybridized carbons (Fsp3) is 0.500. The first kappa shape index (κ1) is 9.53. The van der Waals surface area contributed by atoms with E-state index in [2.05, 4.69) is 26.0 Å². The Kier molecular flexibility index (Phi) is 2.46. The number of fused-ring (bicyclic) bond motifs is 1. The molecule has 1 heterocycles. The summed E-state index contributed by atoms with van der Waals surface area (Å²) in [5.74, 6) is 0.993. The Balaban J connectivity index is 2.53. The van der Waals surface area contributed by atoms with Crippen LogP contribution in [0.5, 0.6) is 5.75 Å². The Morgan fingerprint density at radius 3 is 2.93 bits per heavy atom. The van der Waals surface area contributed by atoms with Crippen LogP contribution in [0.4, 0.5) is 0 Å². The predicted octanol–water partition coefficient (Wildman–Crippen LogP) is 2.48. The maximum absolute atomic E-state index is 6.12. The molecule has 1 aliphatic rings. The molecule has 1 aromatic carbocycles. The van der Waals surface area contributed by atoms with Crippen molar-refractivity contribution < 1.29 is 4.74 Å². The lowest BCUT2D eigenvalue weighted by Crippen LogP contribution is -2.10. The molecule has 0 bridgehead atoms. The van der Waals surface area contributed by atoms with Crippen LogP contribution in [0.3, 0.4) is 0 Å². The monoisotopic (exact) mass is 191 g/mol. The molecule has 0 aliphatic carbocycles. The van der Waals surface area contributed by atoms with Gasteiger partial charge in [0.2, 0.25) is 0 Å². The first-order valence-electron chi connectivity index (χ1n) is 5.18. The second-order valence-corrected chi connectivity index (χ2v) is 4.09. The molecule has 1 atom stereocenters. The van der Waals surface area contributed by atoms with Gasteiger partial charge in [0.25, 0.3) is 0 Å². The molecule has 2 rings (SSSR count). The highest BCUT2D eigenvalue weighted by molar-refractivity contribution is 5.45. The summed E-state index contributed by atoms with van der Waals surface area (Å²) in [5.41, 5.74) is 9.82. The summed E-state index contributed by atoms with van der Waals surface area (Å²) in [4.78, 5) is 0. The molecule has 2 heteroatoms. The number of ether oxygens (including phenoxy) is 1. The summed E-state index contributed by atoms with van der Waals surface area (Å²) in [7, 11) is 0. The van der Waals surface area contributed by atoms with E-state index < -0.39 is 0 Å². The van der Waals surface area contributed by atoms with Crippen molar-refractivity contribution in [2.75, 3.05) is 6.61 Å². The van der Waals surface area contributed by atoms with Gasteiger partial charge in [-0.3, -0.25) is 0 Å². The molecular formula is C12H17NO. The number of aryl methyl sites for hydroxylation is 2. The van der Waals surface area contributed by atoms with Crippen LogP contribution in [-0.4, -0.2) is 6.61 Å². The van der Waals surface area contributed by atoms with E-state index in [4.69, 9.17) is 10.5 Å². The van der Waals surface area contributed by atoms with Crippen molar-refractivity contribution in [3.8, 4) is 5.75 Å². The van der Waals surface area contributed by atoms with Crippen LogP contribution in [0.1, 0.15) is 35.6 Å². The molecule has 1 aliphatic heterocycles. The number of rotatable bonds is 0. The summed E-state index contributed by atoms with van der Waals surface area (Å²) >= 11 is 0. The number of hydrogen-bond acceptors (Lipinski definition) is 2. The van der Waals surface area contributed by atoms with E-state index in [1.54, 1.807) is 0 Å².